The second-order valence-electron chi connectivity index (χ2n) is 6.41. The van der Waals surface area contributed by atoms with E-state index < -0.39 is 0 Å². The predicted molar refractivity (Wildman–Crippen MR) is 113 cm³/mol. The molecule has 1 aromatic heterocycles. The van der Waals surface area contributed by atoms with E-state index in [9.17, 15) is 4.79 Å². The zero-order valence-electron chi connectivity index (χ0n) is 16.3. The van der Waals surface area contributed by atoms with Gasteiger partial charge >= 0.3 is 0 Å². The number of H-pyrrole nitrogens is 1. The maximum atomic E-state index is 12.7. The lowest BCUT2D eigenvalue weighted by Crippen LogP contribution is -2.31. The van der Waals surface area contributed by atoms with Crippen molar-refractivity contribution in [3.63, 3.8) is 0 Å². The third kappa shape index (κ3) is 4.78. The van der Waals surface area contributed by atoms with Crippen molar-refractivity contribution in [2.45, 2.75) is 18.9 Å². The molecule has 1 atom stereocenters. The van der Waals surface area contributed by atoms with Crippen LogP contribution < -0.4 is 14.8 Å². The van der Waals surface area contributed by atoms with Gasteiger partial charge in [-0.15, -0.1) is 0 Å². The highest BCUT2D eigenvalue weighted by Gasteiger charge is 2.19. The van der Waals surface area contributed by atoms with Crippen molar-refractivity contribution in [3.8, 4) is 11.5 Å². The molecule has 0 spiro atoms. The average Bonchev–Trinajstić information content (AvgIpc) is 3.15. The van der Waals surface area contributed by atoms with Crippen LogP contribution in [0.25, 0.3) is 11.0 Å². The zero-order chi connectivity index (χ0) is 19.9. The lowest BCUT2D eigenvalue weighted by molar-refractivity contribution is -0.121. The summed E-state index contributed by atoms with van der Waals surface area (Å²) in [5.41, 5.74) is 2.74. The Morgan fingerprint density at radius 1 is 1.18 bits per heavy atom. The first kappa shape index (κ1) is 20.1. The number of carbonyl (C=O) groups is 1. The van der Waals surface area contributed by atoms with E-state index in [0.717, 1.165) is 34.6 Å². The van der Waals surface area contributed by atoms with Gasteiger partial charge in [0.25, 0.3) is 0 Å². The Balaban J connectivity index is 1.74. The number of para-hydroxylation sites is 2. The molecule has 0 aliphatic carbocycles. The third-order valence-electron chi connectivity index (χ3n) is 4.50. The van der Waals surface area contributed by atoms with E-state index in [-0.39, 0.29) is 18.4 Å². The number of ether oxygens (including phenoxy) is 2. The van der Waals surface area contributed by atoms with Crippen molar-refractivity contribution in [2.75, 3.05) is 26.2 Å². The monoisotopic (exact) mass is 399 g/mol. The van der Waals surface area contributed by atoms with Crippen LogP contribution in [0.4, 0.5) is 0 Å². The number of thioether (sulfide) groups is 1. The normalized spacial score (nSPS) is 12.0. The van der Waals surface area contributed by atoms with Crippen molar-refractivity contribution in [2.24, 2.45) is 0 Å². The quantitative estimate of drug-likeness (QED) is 0.573. The summed E-state index contributed by atoms with van der Waals surface area (Å²) >= 11 is 1.75. The number of aromatic amines is 1. The third-order valence-corrected chi connectivity index (χ3v) is 5.14. The molecule has 0 unspecified atom stereocenters. The van der Waals surface area contributed by atoms with E-state index in [0.29, 0.717) is 11.5 Å². The number of benzene rings is 2. The fraction of sp³-hybridized carbons (Fsp3) is 0.333. The molecule has 148 valence electrons. The molecule has 2 aromatic carbocycles. The van der Waals surface area contributed by atoms with Crippen LogP contribution in [0.3, 0.4) is 0 Å². The summed E-state index contributed by atoms with van der Waals surface area (Å²) < 4.78 is 10.6. The molecule has 0 aliphatic rings. The van der Waals surface area contributed by atoms with Crippen molar-refractivity contribution in [1.82, 2.24) is 15.3 Å². The molecule has 2 N–H and O–H groups in total. The Bertz CT molecular complexity index is 909. The van der Waals surface area contributed by atoms with Crippen molar-refractivity contribution in [1.29, 1.82) is 0 Å². The van der Waals surface area contributed by atoms with E-state index in [1.165, 1.54) is 0 Å². The Morgan fingerprint density at radius 3 is 2.68 bits per heavy atom. The standard InChI is InChI=1S/C21H25N3O3S/c1-26-18-9-8-14(12-19(18)27-2)13-20(25)22-17(10-11-28-3)21-23-15-6-4-5-7-16(15)24-21/h4-9,12,17H,10-11,13H2,1-3H3,(H,22,25)(H,23,24)/t17-/m0/s1. The van der Waals surface area contributed by atoms with Gasteiger partial charge in [0.05, 0.1) is 37.7 Å². The number of hydrogen-bond acceptors (Lipinski definition) is 5. The highest BCUT2D eigenvalue weighted by atomic mass is 32.2. The summed E-state index contributed by atoms with van der Waals surface area (Å²) in [5.74, 6) is 2.92. The van der Waals surface area contributed by atoms with E-state index in [1.54, 1.807) is 26.0 Å². The Kier molecular flexibility index (Phi) is 6.81. The lowest BCUT2D eigenvalue weighted by atomic mass is 10.1. The van der Waals surface area contributed by atoms with Gasteiger partial charge in [-0.25, -0.2) is 4.98 Å². The molecule has 0 saturated carbocycles. The molecular formula is C21H25N3O3S. The van der Waals surface area contributed by atoms with Crippen LogP contribution in [0.1, 0.15) is 23.9 Å². The molecule has 3 rings (SSSR count). The van der Waals surface area contributed by atoms with Gasteiger partial charge in [0.15, 0.2) is 11.5 Å². The number of nitrogens with one attached hydrogen (secondary N) is 2. The number of carbonyl (C=O) groups excluding carboxylic acids is 1. The summed E-state index contributed by atoms with van der Waals surface area (Å²) in [6.45, 7) is 0. The fourth-order valence-corrected chi connectivity index (χ4v) is 3.54. The highest BCUT2D eigenvalue weighted by molar-refractivity contribution is 7.98. The maximum absolute atomic E-state index is 12.7. The van der Waals surface area contributed by atoms with Crippen LogP contribution in [0.2, 0.25) is 0 Å². The fourth-order valence-electron chi connectivity index (χ4n) is 3.07. The summed E-state index contributed by atoms with van der Waals surface area (Å²) in [6, 6.07) is 13.2. The topological polar surface area (TPSA) is 76.2 Å². The molecule has 0 saturated heterocycles. The first-order chi connectivity index (χ1) is 13.6. The Hall–Kier alpha value is -2.67. The number of imidazole rings is 1. The summed E-state index contributed by atoms with van der Waals surface area (Å²) in [4.78, 5) is 20.7. The zero-order valence-corrected chi connectivity index (χ0v) is 17.1. The van der Waals surface area contributed by atoms with Crippen LogP contribution in [-0.2, 0) is 11.2 Å². The van der Waals surface area contributed by atoms with Crippen molar-refractivity contribution in [3.05, 3.63) is 53.9 Å². The smallest absolute Gasteiger partial charge is 0.225 e. The molecule has 28 heavy (non-hydrogen) atoms. The minimum atomic E-state index is -0.160. The maximum Gasteiger partial charge on any atom is 0.225 e. The number of methoxy groups -OCH3 is 2. The van der Waals surface area contributed by atoms with E-state index in [4.69, 9.17) is 9.47 Å². The molecule has 1 heterocycles. The minimum absolute atomic E-state index is 0.0567. The Morgan fingerprint density at radius 2 is 1.96 bits per heavy atom. The number of nitrogens with zero attached hydrogens (tertiary/aromatic N) is 1. The van der Waals surface area contributed by atoms with E-state index >= 15 is 0 Å². The second-order valence-corrected chi connectivity index (χ2v) is 7.39. The molecule has 1 amide bonds. The van der Waals surface area contributed by atoms with Crippen LogP contribution in [0, 0.1) is 0 Å². The largest absolute Gasteiger partial charge is 0.493 e. The van der Waals surface area contributed by atoms with Crippen molar-refractivity contribution >= 4 is 28.7 Å². The van der Waals surface area contributed by atoms with Gasteiger partial charge in [0, 0.05) is 0 Å². The number of amides is 1. The molecule has 0 aliphatic heterocycles. The first-order valence-corrected chi connectivity index (χ1v) is 10.5. The summed E-state index contributed by atoms with van der Waals surface area (Å²) in [7, 11) is 3.18. The van der Waals surface area contributed by atoms with E-state index in [1.807, 2.05) is 42.5 Å². The first-order valence-electron chi connectivity index (χ1n) is 9.08. The second kappa shape index (κ2) is 9.50. The molecule has 0 bridgehead atoms. The molecular weight excluding hydrogens is 374 g/mol. The van der Waals surface area contributed by atoms with Crippen LogP contribution in [-0.4, -0.2) is 42.1 Å². The molecule has 3 aromatic rings. The minimum Gasteiger partial charge on any atom is -0.493 e. The van der Waals surface area contributed by atoms with Gasteiger partial charge in [-0.3, -0.25) is 4.79 Å². The average molecular weight is 400 g/mol. The SMILES string of the molecule is COc1ccc(CC(=O)N[C@@H](CCSC)c2nc3ccccc3[nH]2)cc1OC. The molecule has 6 nitrogen and oxygen atoms in total. The molecule has 7 heteroatoms. The highest BCUT2D eigenvalue weighted by Crippen LogP contribution is 2.28. The predicted octanol–water partition coefficient (Wildman–Crippen LogP) is 3.73. The van der Waals surface area contributed by atoms with Gasteiger partial charge in [0.2, 0.25) is 5.91 Å². The molecule has 0 fully saturated rings. The lowest BCUT2D eigenvalue weighted by Gasteiger charge is -2.17. The summed E-state index contributed by atoms with van der Waals surface area (Å²) in [6.07, 6.45) is 3.12. The Labute approximate surface area is 169 Å². The number of fused-ring (bicyclic) bond motifs is 1. The summed E-state index contributed by atoms with van der Waals surface area (Å²) in [5, 5.41) is 3.13. The van der Waals surface area contributed by atoms with Crippen LogP contribution >= 0.6 is 11.8 Å². The van der Waals surface area contributed by atoms with Gasteiger partial charge in [-0.2, -0.15) is 11.8 Å². The molecule has 0 radical (unpaired) electrons. The van der Waals surface area contributed by atoms with Gasteiger partial charge < -0.3 is 19.8 Å². The number of rotatable bonds is 9. The van der Waals surface area contributed by atoms with E-state index in [2.05, 4.69) is 21.5 Å². The number of hydrogen-bond donors (Lipinski definition) is 2. The van der Waals surface area contributed by atoms with Gasteiger partial charge in [0.1, 0.15) is 5.82 Å². The number of aromatic nitrogens is 2. The van der Waals surface area contributed by atoms with Crippen LogP contribution in [0.5, 0.6) is 11.5 Å². The van der Waals surface area contributed by atoms with Gasteiger partial charge in [-0.05, 0) is 48.3 Å². The van der Waals surface area contributed by atoms with Crippen LogP contribution in [0.15, 0.2) is 42.5 Å². The van der Waals surface area contributed by atoms with Crippen molar-refractivity contribution < 1.29 is 14.3 Å². The van der Waals surface area contributed by atoms with Gasteiger partial charge in [-0.1, -0.05) is 18.2 Å².